The second-order valence-electron chi connectivity index (χ2n) is 10.4. The Morgan fingerprint density at radius 1 is 0.765 bits per heavy atom. The molecule has 0 atom stereocenters. The molecule has 5 heteroatoms. The smallest absolute Gasteiger partial charge is 0.270 e. The van der Waals surface area contributed by atoms with E-state index < -0.39 is 7.26 Å². The van der Waals surface area contributed by atoms with Gasteiger partial charge in [0.25, 0.3) is 5.91 Å². The van der Waals surface area contributed by atoms with Gasteiger partial charge in [-0.05, 0) is 83.4 Å². The number of rotatable bonds is 6. The van der Waals surface area contributed by atoms with Crippen LogP contribution in [0.1, 0.15) is 47.0 Å². The van der Waals surface area contributed by atoms with Gasteiger partial charge in [0.05, 0.1) is 0 Å². The highest BCUT2D eigenvalue weighted by atomic mass is 31.2. The molecule has 0 radical (unpaired) electrons. The van der Waals surface area contributed by atoms with Crippen LogP contribution in [-0.4, -0.2) is 38.5 Å². The Hall–Kier alpha value is -2.52. The largest absolute Gasteiger partial charge is 0.300 e. The molecule has 1 heterocycles. The Morgan fingerprint density at radius 3 is 1.47 bits per heavy atom. The van der Waals surface area contributed by atoms with Crippen molar-refractivity contribution >= 4 is 29.1 Å². The summed E-state index contributed by atoms with van der Waals surface area (Å²) in [5.41, 5.74) is -0.640. The van der Waals surface area contributed by atoms with E-state index in [1.165, 1.54) is 0 Å². The maximum absolute atomic E-state index is 14.0. The molecule has 1 aliphatic heterocycles. The van der Waals surface area contributed by atoms with Gasteiger partial charge < -0.3 is 0 Å². The molecule has 4 nitrogen and oxygen atoms in total. The molecule has 0 aliphatic carbocycles. The number of nitrogens with zero attached hydrogens (tertiary/aromatic N) is 2. The Morgan fingerprint density at radius 2 is 1.12 bits per heavy atom. The van der Waals surface area contributed by atoms with Gasteiger partial charge in [0, 0.05) is 11.1 Å². The van der Waals surface area contributed by atoms with E-state index in [2.05, 4.69) is 64.1 Å². The Bertz CT molecular complexity index is 988. The van der Waals surface area contributed by atoms with Crippen molar-refractivity contribution in [2.24, 2.45) is 0 Å². The fourth-order valence-corrected chi connectivity index (χ4v) is 9.66. The zero-order valence-corrected chi connectivity index (χ0v) is 21.6. The Labute approximate surface area is 204 Å². The van der Waals surface area contributed by atoms with Gasteiger partial charge in [0.2, 0.25) is 0 Å². The second kappa shape index (κ2) is 9.62. The molecule has 1 aliphatic rings. The Balaban J connectivity index is 1.84. The van der Waals surface area contributed by atoms with E-state index in [0.29, 0.717) is 0 Å². The molecular weight excluding hydrogens is 439 g/mol. The lowest BCUT2D eigenvalue weighted by Gasteiger charge is -2.54. The number of benzene rings is 3. The first-order valence-corrected chi connectivity index (χ1v) is 14.0. The number of amides is 1. The van der Waals surface area contributed by atoms with Crippen molar-refractivity contribution in [1.29, 1.82) is 0 Å². The van der Waals surface area contributed by atoms with Crippen LogP contribution >= 0.6 is 7.26 Å². The van der Waals surface area contributed by atoms with Crippen molar-refractivity contribution in [3.05, 3.63) is 91.0 Å². The topological polar surface area (TPSA) is 43.8 Å². The van der Waals surface area contributed by atoms with Crippen molar-refractivity contribution in [1.82, 2.24) is 10.2 Å². The maximum Gasteiger partial charge on any atom is 0.300 e. The number of hydrogen-bond acceptors (Lipinski definition) is 3. The van der Waals surface area contributed by atoms with Gasteiger partial charge in [-0.2, -0.15) is 5.01 Å². The molecule has 178 valence electrons. The first-order chi connectivity index (χ1) is 16.2. The minimum atomic E-state index is -2.38. The maximum atomic E-state index is 14.0. The SMILES string of the molecule is CC1(C)CCCC(C)(C)N1N(O)C(=O)C[P+](c1ccccc1)(c1ccccc1)c1ccccc1. The fourth-order valence-electron chi connectivity index (χ4n) is 5.64. The minimum Gasteiger partial charge on any atom is -0.270 e. The average molecular weight is 476 g/mol. The molecule has 1 N–H and O–H groups in total. The van der Waals surface area contributed by atoms with Crippen LogP contribution in [0.15, 0.2) is 91.0 Å². The van der Waals surface area contributed by atoms with E-state index >= 15 is 0 Å². The van der Waals surface area contributed by atoms with E-state index in [0.717, 1.165) is 40.3 Å². The molecule has 0 bridgehead atoms. The number of piperidine rings is 1. The van der Waals surface area contributed by atoms with Gasteiger partial charge in [-0.1, -0.05) is 54.6 Å². The van der Waals surface area contributed by atoms with Gasteiger partial charge in [0.15, 0.2) is 6.16 Å². The number of carbonyl (C=O) groups excluding carboxylic acids is 1. The lowest BCUT2D eigenvalue weighted by molar-refractivity contribution is -0.300. The fraction of sp³-hybridized carbons (Fsp3) is 0.345. The highest BCUT2D eigenvalue weighted by Gasteiger charge is 2.51. The van der Waals surface area contributed by atoms with Crippen molar-refractivity contribution in [2.45, 2.75) is 58.0 Å². The third-order valence-corrected chi connectivity index (χ3v) is 11.4. The minimum absolute atomic E-state index is 0.212. The highest BCUT2D eigenvalue weighted by molar-refractivity contribution is 7.96. The van der Waals surface area contributed by atoms with Crippen LogP contribution in [0.2, 0.25) is 0 Å². The van der Waals surface area contributed by atoms with Crippen LogP contribution in [-0.2, 0) is 4.79 Å². The van der Waals surface area contributed by atoms with E-state index in [4.69, 9.17) is 0 Å². The van der Waals surface area contributed by atoms with Crippen LogP contribution < -0.4 is 15.9 Å². The van der Waals surface area contributed by atoms with Crippen molar-refractivity contribution in [3.8, 4) is 0 Å². The normalized spacial score (nSPS) is 17.8. The molecule has 0 spiro atoms. The van der Waals surface area contributed by atoms with E-state index in [9.17, 15) is 10.0 Å². The lowest BCUT2D eigenvalue weighted by Crippen LogP contribution is -2.66. The summed E-state index contributed by atoms with van der Waals surface area (Å²) >= 11 is 0. The first-order valence-electron chi connectivity index (χ1n) is 12.1. The van der Waals surface area contributed by atoms with Crippen molar-refractivity contribution in [2.75, 3.05) is 6.16 Å². The molecule has 0 saturated carbocycles. The predicted molar refractivity (Wildman–Crippen MR) is 142 cm³/mol. The number of hydrogen-bond donors (Lipinski definition) is 1. The molecule has 1 fully saturated rings. The zero-order chi connectivity index (χ0) is 24.4. The van der Waals surface area contributed by atoms with Crippen LogP contribution in [0.25, 0.3) is 0 Å². The molecule has 0 aromatic heterocycles. The first kappa shape index (κ1) is 24.6. The van der Waals surface area contributed by atoms with Gasteiger partial charge in [0.1, 0.15) is 23.2 Å². The summed E-state index contributed by atoms with van der Waals surface area (Å²) < 4.78 is 0. The number of carbonyl (C=O) groups is 1. The summed E-state index contributed by atoms with van der Waals surface area (Å²) in [6, 6.07) is 31.0. The van der Waals surface area contributed by atoms with Crippen molar-refractivity contribution in [3.63, 3.8) is 0 Å². The molecule has 4 rings (SSSR count). The van der Waals surface area contributed by atoms with Crippen LogP contribution in [0.5, 0.6) is 0 Å². The summed E-state index contributed by atoms with van der Waals surface area (Å²) in [5.74, 6) is -0.270. The predicted octanol–water partition coefficient (Wildman–Crippen LogP) is 5.16. The molecule has 1 amide bonds. The van der Waals surface area contributed by atoms with Gasteiger partial charge in [-0.15, -0.1) is 5.17 Å². The summed E-state index contributed by atoms with van der Waals surface area (Å²) in [4.78, 5) is 14.0. The molecule has 3 aromatic carbocycles. The number of hydroxylamine groups is 1. The quantitative estimate of drug-likeness (QED) is 0.304. The molecule has 3 aromatic rings. The third kappa shape index (κ3) is 4.55. The summed E-state index contributed by atoms with van der Waals surface area (Å²) in [6.45, 7) is 8.44. The molecule has 1 saturated heterocycles. The zero-order valence-electron chi connectivity index (χ0n) is 20.7. The molecular formula is C29H36N2O2P+. The van der Waals surface area contributed by atoms with Gasteiger partial charge in [-0.3, -0.25) is 10.0 Å². The lowest BCUT2D eigenvalue weighted by atomic mass is 9.81. The molecule has 0 unspecified atom stereocenters. The standard InChI is InChI=1S/C29H36N2O2P/c1-28(2)21-14-22-29(3,4)31(28)30(33)27(32)23-34(24-15-8-5-9-16-24,25-17-10-6-11-18-25)26-19-12-7-13-20-26/h5-13,15-20,33H,14,21-23H2,1-4H3/q+1. The molecule has 34 heavy (non-hydrogen) atoms. The summed E-state index contributed by atoms with van der Waals surface area (Å²) in [7, 11) is -2.38. The van der Waals surface area contributed by atoms with Gasteiger partial charge in [-0.25, -0.2) is 0 Å². The van der Waals surface area contributed by atoms with Crippen LogP contribution in [0.4, 0.5) is 0 Å². The van der Waals surface area contributed by atoms with E-state index in [1.54, 1.807) is 0 Å². The van der Waals surface area contributed by atoms with E-state index in [-0.39, 0.29) is 23.1 Å². The van der Waals surface area contributed by atoms with Crippen LogP contribution in [0, 0.1) is 0 Å². The van der Waals surface area contributed by atoms with E-state index in [1.807, 2.05) is 59.6 Å². The van der Waals surface area contributed by atoms with Gasteiger partial charge >= 0.3 is 0 Å². The third-order valence-electron chi connectivity index (χ3n) is 7.10. The monoisotopic (exact) mass is 475 g/mol. The number of hydrazine groups is 1. The van der Waals surface area contributed by atoms with Crippen LogP contribution in [0.3, 0.4) is 0 Å². The highest BCUT2D eigenvalue weighted by Crippen LogP contribution is 2.55. The Kier molecular flexibility index (Phi) is 6.96. The van der Waals surface area contributed by atoms with Crippen molar-refractivity contribution < 1.29 is 10.0 Å². The summed E-state index contributed by atoms with van der Waals surface area (Å²) in [5, 5.41) is 17.7. The second-order valence-corrected chi connectivity index (χ2v) is 13.9. The summed E-state index contributed by atoms with van der Waals surface area (Å²) in [6.07, 6.45) is 3.14. The average Bonchev–Trinajstić information content (AvgIpc) is 2.83.